The lowest BCUT2D eigenvalue weighted by Gasteiger charge is -2.36. The lowest BCUT2D eigenvalue weighted by atomic mass is 9.95. The molecule has 2 atom stereocenters. The molecule has 19 heavy (non-hydrogen) atoms. The van der Waals surface area contributed by atoms with Crippen molar-refractivity contribution >= 4 is 33.4 Å². The summed E-state index contributed by atoms with van der Waals surface area (Å²) in [5.74, 6) is 0.486. The molecular formula is C14H17BrClNO2. The number of ether oxygens (including phenoxy) is 1. The van der Waals surface area contributed by atoms with Gasteiger partial charge in [-0.2, -0.15) is 0 Å². The Morgan fingerprint density at radius 3 is 2.95 bits per heavy atom. The number of halogens is 2. The maximum absolute atomic E-state index is 12.5. The van der Waals surface area contributed by atoms with Crippen LogP contribution in [0.4, 0.5) is 0 Å². The average Bonchev–Trinajstić information content (AvgIpc) is 2.41. The first-order valence-electron chi connectivity index (χ1n) is 6.30. The molecule has 0 spiro atoms. The molecule has 3 nitrogen and oxygen atoms in total. The van der Waals surface area contributed by atoms with Gasteiger partial charge in [0.15, 0.2) is 0 Å². The molecular weight excluding hydrogens is 330 g/mol. The van der Waals surface area contributed by atoms with Gasteiger partial charge in [-0.25, -0.2) is 0 Å². The molecule has 1 heterocycles. The molecule has 2 unspecified atom stereocenters. The van der Waals surface area contributed by atoms with Gasteiger partial charge >= 0.3 is 0 Å². The monoisotopic (exact) mass is 345 g/mol. The highest BCUT2D eigenvalue weighted by Gasteiger charge is 2.29. The normalized spacial score (nSPS) is 23.5. The lowest BCUT2D eigenvalue weighted by Crippen LogP contribution is -2.46. The largest absolute Gasteiger partial charge is 0.379 e. The number of methoxy groups -OCH3 is 1. The van der Waals surface area contributed by atoms with Crippen LogP contribution in [0.1, 0.15) is 23.7 Å². The quantitative estimate of drug-likeness (QED) is 0.819. The maximum Gasteiger partial charge on any atom is 0.255 e. The van der Waals surface area contributed by atoms with Gasteiger partial charge in [0.1, 0.15) is 0 Å². The molecule has 0 N–H and O–H groups in total. The number of hydrogen-bond acceptors (Lipinski definition) is 2. The number of piperidine rings is 1. The predicted octanol–water partition coefficient (Wildman–Crippen LogP) is 3.60. The third kappa shape index (κ3) is 3.30. The maximum atomic E-state index is 12.5. The van der Waals surface area contributed by atoms with E-state index in [2.05, 4.69) is 22.9 Å². The Hall–Kier alpha value is -0.580. The summed E-state index contributed by atoms with van der Waals surface area (Å²) in [6.07, 6.45) is 1.07. The van der Waals surface area contributed by atoms with Gasteiger partial charge in [-0.15, -0.1) is 0 Å². The van der Waals surface area contributed by atoms with E-state index in [0.717, 1.165) is 17.4 Å². The van der Waals surface area contributed by atoms with E-state index < -0.39 is 0 Å². The summed E-state index contributed by atoms with van der Waals surface area (Å²) in [7, 11) is 1.70. The van der Waals surface area contributed by atoms with Crippen LogP contribution in [0, 0.1) is 5.92 Å². The Bertz CT molecular complexity index is 481. The Kier molecular flexibility index (Phi) is 4.87. The SMILES string of the molecule is COC1CN(C(=O)c2cc(Cl)ccc2Br)CCC1C. The molecule has 2 rings (SSSR count). The van der Waals surface area contributed by atoms with Crippen LogP contribution in [-0.2, 0) is 4.74 Å². The van der Waals surface area contributed by atoms with Crippen LogP contribution >= 0.6 is 27.5 Å². The van der Waals surface area contributed by atoms with Crippen molar-refractivity contribution in [2.45, 2.75) is 19.4 Å². The number of rotatable bonds is 2. The fourth-order valence-corrected chi connectivity index (χ4v) is 2.95. The van der Waals surface area contributed by atoms with Gasteiger partial charge in [-0.05, 0) is 46.5 Å². The molecule has 1 amide bonds. The van der Waals surface area contributed by atoms with Crippen LogP contribution in [0.3, 0.4) is 0 Å². The lowest BCUT2D eigenvalue weighted by molar-refractivity contribution is -0.00159. The molecule has 1 saturated heterocycles. The first-order valence-corrected chi connectivity index (χ1v) is 7.47. The summed E-state index contributed by atoms with van der Waals surface area (Å²) in [5, 5.41) is 0.570. The van der Waals surface area contributed by atoms with Crippen LogP contribution in [0.15, 0.2) is 22.7 Å². The van der Waals surface area contributed by atoms with Gasteiger partial charge in [-0.1, -0.05) is 18.5 Å². The van der Waals surface area contributed by atoms with E-state index >= 15 is 0 Å². The summed E-state index contributed by atoms with van der Waals surface area (Å²) in [5.41, 5.74) is 0.608. The van der Waals surface area contributed by atoms with Crippen LogP contribution in [-0.4, -0.2) is 37.1 Å². The fraction of sp³-hybridized carbons (Fsp3) is 0.500. The molecule has 5 heteroatoms. The van der Waals surface area contributed by atoms with Gasteiger partial charge in [0.25, 0.3) is 5.91 Å². The number of hydrogen-bond donors (Lipinski definition) is 0. The summed E-state index contributed by atoms with van der Waals surface area (Å²) in [6.45, 7) is 3.56. The number of likely N-dealkylation sites (tertiary alicyclic amines) is 1. The Morgan fingerprint density at radius 2 is 2.26 bits per heavy atom. The molecule has 104 valence electrons. The number of benzene rings is 1. The fourth-order valence-electron chi connectivity index (χ4n) is 2.36. The predicted molar refractivity (Wildman–Crippen MR) is 79.6 cm³/mol. The van der Waals surface area contributed by atoms with Crippen molar-refractivity contribution in [3.8, 4) is 0 Å². The number of carbonyl (C=O) groups is 1. The van der Waals surface area contributed by atoms with E-state index in [1.165, 1.54) is 0 Å². The van der Waals surface area contributed by atoms with E-state index in [9.17, 15) is 4.79 Å². The second-order valence-electron chi connectivity index (χ2n) is 4.92. The van der Waals surface area contributed by atoms with E-state index in [1.54, 1.807) is 25.3 Å². The summed E-state index contributed by atoms with van der Waals surface area (Å²) < 4.78 is 6.21. The summed E-state index contributed by atoms with van der Waals surface area (Å²) in [4.78, 5) is 14.4. The molecule has 1 aliphatic heterocycles. The third-order valence-electron chi connectivity index (χ3n) is 3.64. The minimum atomic E-state index is 0.00308. The Labute approximate surface area is 127 Å². The van der Waals surface area contributed by atoms with Crippen molar-refractivity contribution in [3.05, 3.63) is 33.3 Å². The first kappa shape index (κ1) is 14.8. The van der Waals surface area contributed by atoms with Gasteiger partial charge in [-0.3, -0.25) is 4.79 Å². The van der Waals surface area contributed by atoms with Crippen molar-refractivity contribution in [1.29, 1.82) is 0 Å². The van der Waals surface area contributed by atoms with Crippen LogP contribution in [0.2, 0.25) is 5.02 Å². The molecule has 0 radical (unpaired) electrons. The molecule has 1 aliphatic rings. The van der Waals surface area contributed by atoms with Crippen molar-refractivity contribution in [1.82, 2.24) is 4.90 Å². The second-order valence-corrected chi connectivity index (χ2v) is 6.21. The van der Waals surface area contributed by atoms with Gasteiger partial charge in [0.2, 0.25) is 0 Å². The molecule has 0 saturated carbocycles. The Morgan fingerprint density at radius 1 is 1.53 bits per heavy atom. The molecule has 0 aliphatic carbocycles. The van der Waals surface area contributed by atoms with Crippen LogP contribution < -0.4 is 0 Å². The van der Waals surface area contributed by atoms with Crippen LogP contribution in [0.5, 0.6) is 0 Å². The minimum absolute atomic E-state index is 0.00308. The highest BCUT2D eigenvalue weighted by Crippen LogP contribution is 2.26. The Balaban J connectivity index is 2.18. The van der Waals surface area contributed by atoms with Gasteiger partial charge in [0.05, 0.1) is 11.7 Å². The topological polar surface area (TPSA) is 29.5 Å². The highest BCUT2D eigenvalue weighted by molar-refractivity contribution is 9.10. The number of carbonyl (C=O) groups excluding carboxylic acids is 1. The minimum Gasteiger partial charge on any atom is -0.379 e. The van der Waals surface area contributed by atoms with Crippen molar-refractivity contribution in [2.75, 3.05) is 20.2 Å². The molecule has 1 fully saturated rings. The number of nitrogens with zero attached hydrogens (tertiary/aromatic N) is 1. The van der Waals surface area contributed by atoms with E-state index in [0.29, 0.717) is 23.0 Å². The molecule has 0 bridgehead atoms. The third-order valence-corrected chi connectivity index (χ3v) is 4.56. The molecule has 1 aromatic rings. The highest BCUT2D eigenvalue weighted by atomic mass is 79.9. The average molecular weight is 347 g/mol. The standard InChI is InChI=1S/C14H17BrClNO2/c1-9-5-6-17(8-13(9)19-2)14(18)11-7-10(16)3-4-12(11)15/h3-4,7,9,13H,5-6,8H2,1-2H3. The summed E-state index contributed by atoms with van der Waals surface area (Å²) in [6, 6.07) is 5.27. The van der Waals surface area contributed by atoms with Crippen molar-refractivity contribution < 1.29 is 9.53 Å². The van der Waals surface area contributed by atoms with Gasteiger partial charge in [0, 0.05) is 29.7 Å². The second kappa shape index (κ2) is 6.25. The summed E-state index contributed by atoms with van der Waals surface area (Å²) >= 11 is 9.37. The molecule has 1 aromatic carbocycles. The first-order chi connectivity index (χ1) is 9.02. The van der Waals surface area contributed by atoms with Gasteiger partial charge < -0.3 is 9.64 Å². The van der Waals surface area contributed by atoms with Crippen molar-refractivity contribution in [3.63, 3.8) is 0 Å². The molecule has 0 aromatic heterocycles. The zero-order valence-electron chi connectivity index (χ0n) is 11.0. The van der Waals surface area contributed by atoms with E-state index in [1.807, 2.05) is 4.90 Å². The van der Waals surface area contributed by atoms with Crippen molar-refractivity contribution in [2.24, 2.45) is 5.92 Å². The number of amides is 1. The zero-order valence-corrected chi connectivity index (χ0v) is 13.4. The zero-order chi connectivity index (χ0) is 14.0. The van der Waals surface area contributed by atoms with E-state index in [-0.39, 0.29) is 12.0 Å². The van der Waals surface area contributed by atoms with E-state index in [4.69, 9.17) is 16.3 Å². The van der Waals surface area contributed by atoms with Crippen LogP contribution in [0.25, 0.3) is 0 Å². The smallest absolute Gasteiger partial charge is 0.255 e.